The molecule has 0 fully saturated rings. The van der Waals surface area contributed by atoms with Gasteiger partial charge in [-0.15, -0.1) is 0 Å². The number of allylic oxidation sites excluding steroid dienone is 8. The van der Waals surface area contributed by atoms with E-state index in [1.54, 1.807) is 6.08 Å². The molecule has 11 nitrogen and oxygen atoms in total. The van der Waals surface area contributed by atoms with Crippen molar-refractivity contribution in [3.8, 4) is 0 Å². The molecular formula is C45H74NO10P. The summed E-state index contributed by atoms with van der Waals surface area (Å²) in [4.78, 5) is 35.0. The highest BCUT2D eigenvalue weighted by atomic mass is 31.2. The molecule has 0 amide bonds. The minimum absolute atomic E-state index is 0.0239. The molecule has 324 valence electrons. The quantitative estimate of drug-likeness (QED) is 0.0196. The lowest BCUT2D eigenvalue weighted by atomic mass is 10.0. The predicted molar refractivity (Wildman–Crippen MR) is 229 cm³/mol. The SMILES string of the molecule is CC/C=C\C/C=C\CC(O)/C=C/C=C\C/C=C\CCCC(=O)O[C@H](COC(=O)CCCCCCCCc1oc(CCCCC)c(C)c1C)COP(=O)(O)OCCN. The van der Waals surface area contributed by atoms with Gasteiger partial charge in [0.05, 0.1) is 19.3 Å². The van der Waals surface area contributed by atoms with Gasteiger partial charge in [0.15, 0.2) is 6.10 Å². The third-order valence-corrected chi connectivity index (χ3v) is 10.2. The summed E-state index contributed by atoms with van der Waals surface area (Å²) in [6.07, 6.45) is 34.1. The third-order valence-electron chi connectivity index (χ3n) is 9.20. The Kier molecular flexibility index (Phi) is 30.9. The number of ether oxygens (including phenoxy) is 2. The first kappa shape index (κ1) is 52.0. The summed E-state index contributed by atoms with van der Waals surface area (Å²) in [5.41, 5.74) is 7.93. The van der Waals surface area contributed by atoms with Crippen LogP contribution in [0.2, 0.25) is 0 Å². The number of aryl methyl sites for hydroxylation is 2. The monoisotopic (exact) mass is 820 g/mol. The fourth-order valence-electron chi connectivity index (χ4n) is 5.75. The van der Waals surface area contributed by atoms with E-state index in [1.807, 2.05) is 42.5 Å². The number of furan rings is 1. The van der Waals surface area contributed by atoms with Gasteiger partial charge in [0.1, 0.15) is 18.1 Å². The molecule has 0 aliphatic rings. The number of carbonyl (C=O) groups is 2. The summed E-state index contributed by atoms with van der Waals surface area (Å²) in [6, 6.07) is 0. The molecule has 0 aromatic carbocycles. The number of aliphatic hydroxyl groups excluding tert-OH is 1. The number of hydrogen-bond donors (Lipinski definition) is 3. The van der Waals surface area contributed by atoms with Crippen molar-refractivity contribution in [3.05, 3.63) is 83.4 Å². The van der Waals surface area contributed by atoms with E-state index in [-0.39, 0.29) is 32.6 Å². The van der Waals surface area contributed by atoms with Crippen molar-refractivity contribution in [3.63, 3.8) is 0 Å². The van der Waals surface area contributed by atoms with Crippen molar-refractivity contribution < 1.29 is 47.1 Å². The number of phosphoric ester groups is 1. The number of esters is 2. The lowest BCUT2D eigenvalue weighted by Crippen LogP contribution is -2.29. The molecule has 12 heteroatoms. The van der Waals surface area contributed by atoms with Gasteiger partial charge in [-0.2, -0.15) is 0 Å². The Morgan fingerprint density at radius 1 is 0.754 bits per heavy atom. The molecule has 0 spiro atoms. The van der Waals surface area contributed by atoms with Gasteiger partial charge >= 0.3 is 19.8 Å². The molecule has 1 rings (SSSR count). The Hall–Kier alpha value is -3.05. The zero-order valence-electron chi connectivity index (χ0n) is 35.4. The van der Waals surface area contributed by atoms with E-state index in [0.29, 0.717) is 32.1 Å². The minimum Gasteiger partial charge on any atom is -0.466 e. The van der Waals surface area contributed by atoms with E-state index in [0.717, 1.165) is 69.3 Å². The molecule has 0 saturated heterocycles. The van der Waals surface area contributed by atoms with E-state index in [9.17, 15) is 24.2 Å². The maximum atomic E-state index is 12.6. The normalized spacial score (nSPS) is 14.4. The second kappa shape index (κ2) is 33.9. The molecule has 0 aliphatic carbocycles. The van der Waals surface area contributed by atoms with Gasteiger partial charge < -0.3 is 29.6 Å². The average Bonchev–Trinajstić information content (AvgIpc) is 3.45. The molecule has 1 heterocycles. The largest absolute Gasteiger partial charge is 0.472 e. The number of nitrogens with two attached hydrogens (primary N) is 1. The summed E-state index contributed by atoms with van der Waals surface area (Å²) >= 11 is 0. The molecular weight excluding hydrogens is 745 g/mol. The molecule has 0 bridgehead atoms. The van der Waals surface area contributed by atoms with Crippen molar-refractivity contribution in [2.45, 2.75) is 162 Å². The van der Waals surface area contributed by atoms with Crippen molar-refractivity contribution in [2.75, 3.05) is 26.4 Å². The van der Waals surface area contributed by atoms with Crippen LogP contribution in [0.25, 0.3) is 0 Å². The fraction of sp³-hybridized carbons (Fsp3) is 0.644. The molecule has 1 aromatic heterocycles. The van der Waals surface area contributed by atoms with Gasteiger partial charge in [-0.05, 0) is 82.8 Å². The van der Waals surface area contributed by atoms with Gasteiger partial charge in [-0.25, -0.2) is 4.57 Å². The highest BCUT2D eigenvalue weighted by molar-refractivity contribution is 7.47. The molecule has 1 aromatic rings. The van der Waals surface area contributed by atoms with Crippen molar-refractivity contribution >= 4 is 19.8 Å². The Labute approximate surface area is 343 Å². The number of aliphatic hydroxyl groups is 1. The maximum Gasteiger partial charge on any atom is 0.472 e. The Balaban J connectivity index is 2.37. The van der Waals surface area contributed by atoms with Gasteiger partial charge in [-0.3, -0.25) is 18.6 Å². The summed E-state index contributed by atoms with van der Waals surface area (Å²) in [5.74, 6) is 1.29. The lowest BCUT2D eigenvalue weighted by molar-refractivity contribution is -0.161. The minimum atomic E-state index is -4.43. The van der Waals surface area contributed by atoms with Crippen LogP contribution < -0.4 is 5.73 Å². The van der Waals surface area contributed by atoms with E-state index >= 15 is 0 Å². The van der Waals surface area contributed by atoms with Crippen LogP contribution in [0.5, 0.6) is 0 Å². The van der Waals surface area contributed by atoms with Gasteiger partial charge in [0.25, 0.3) is 0 Å². The van der Waals surface area contributed by atoms with Gasteiger partial charge in [0.2, 0.25) is 0 Å². The topological polar surface area (TPSA) is 168 Å². The molecule has 4 N–H and O–H groups in total. The van der Waals surface area contributed by atoms with Crippen LogP contribution in [0.4, 0.5) is 0 Å². The van der Waals surface area contributed by atoms with E-state index < -0.39 is 38.6 Å². The highest BCUT2D eigenvalue weighted by Crippen LogP contribution is 2.43. The summed E-state index contributed by atoms with van der Waals surface area (Å²) < 4.78 is 38.9. The second-order valence-corrected chi connectivity index (χ2v) is 15.7. The average molecular weight is 820 g/mol. The predicted octanol–water partition coefficient (Wildman–Crippen LogP) is 10.3. The second-order valence-electron chi connectivity index (χ2n) is 14.3. The molecule has 0 saturated carbocycles. The van der Waals surface area contributed by atoms with Gasteiger partial charge in [-0.1, -0.05) is 113 Å². The third kappa shape index (κ3) is 28.1. The highest BCUT2D eigenvalue weighted by Gasteiger charge is 2.26. The van der Waals surface area contributed by atoms with Crippen LogP contribution >= 0.6 is 7.82 Å². The van der Waals surface area contributed by atoms with Crippen molar-refractivity contribution in [2.24, 2.45) is 5.73 Å². The Morgan fingerprint density at radius 2 is 1.39 bits per heavy atom. The Morgan fingerprint density at radius 3 is 2.09 bits per heavy atom. The molecule has 2 unspecified atom stereocenters. The van der Waals surface area contributed by atoms with Crippen LogP contribution in [-0.4, -0.2) is 60.5 Å². The van der Waals surface area contributed by atoms with Crippen molar-refractivity contribution in [1.82, 2.24) is 0 Å². The van der Waals surface area contributed by atoms with Crippen LogP contribution in [-0.2, 0) is 45.5 Å². The standard InChI is InChI=1S/C45H74NO10P/c1-5-7-9-10-17-23-28-40(47)29-24-18-13-11-12-14-21-27-33-45(49)55-41(37-54-57(50,51)53-35-34-46)36-52-44(48)32-26-20-16-15-19-25-31-43-39(4)38(3)42(56-43)30-22-8-6-2/h7,9,12-14,17-18,23-24,29,40-41,47H,5-6,8,10-11,15-16,19-22,25-28,30-37,46H2,1-4H3,(H,50,51)/b9-7-,14-12-,18-13-,23-17-,29-24+/t40?,41-/m1/s1. The molecule has 0 aliphatic heterocycles. The van der Waals surface area contributed by atoms with E-state index in [2.05, 4.69) is 39.8 Å². The summed E-state index contributed by atoms with van der Waals surface area (Å²) in [6.45, 7) is 7.67. The smallest absolute Gasteiger partial charge is 0.466 e. The fourth-order valence-corrected chi connectivity index (χ4v) is 6.52. The van der Waals surface area contributed by atoms with Crippen LogP contribution in [0.15, 0.2) is 65.2 Å². The summed E-state index contributed by atoms with van der Waals surface area (Å²) in [7, 11) is -4.43. The van der Waals surface area contributed by atoms with Crippen LogP contribution in [0, 0.1) is 13.8 Å². The molecule has 0 radical (unpaired) electrons. The van der Waals surface area contributed by atoms with Crippen molar-refractivity contribution in [1.29, 1.82) is 0 Å². The number of hydrogen-bond acceptors (Lipinski definition) is 10. The first-order valence-corrected chi connectivity index (χ1v) is 22.7. The van der Waals surface area contributed by atoms with Crippen LogP contribution in [0.1, 0.15) is 146 Å². The number of carbonyl (C=O) groups excluding carboxylic acids is 2. The van der Waals surface area contributed by atoms with E-state index in [4.69, 9.17) is 28.7 Å². The first-order valence-electron chi connectivity index (χ1n) is 21.2. The molecule has 57 heavy (non-hydrogen) atoms. The number of phosphoric acid groups is 1. The van der Waals surface area contributed by atoms with Crippen LogP contribution in [0.3, 0.4) is 0 Å². The summed E-state index contributed by atoms with van der Waals surface area (Å²) in [5, 5.41) is 10.0. The Bertz CT molecular complexity index is 1410. The van der Waals surface area contributed by atoms with Gasteiger partial charge in [0, 0.05) is 32.2 Å². The number of rotatable bonds is 35. The molecule has 3 atom stereocenters. The maximum absolute atomic E-state index is 12.6. The zero-order valence-corrected chi connectivity index (χ0v) is 36.3. The lowest BCUT2D eigenvalue weighted by Gasteiger charge is -2.19. The zero-order chi connectivity index (χ0) is 42.0. The number of unbranched alkanes of at least 4 members (excludes halogenated alkanes) is 8. The first-order chi connectivity index (χ1) is 27.5. The van der Waals surface area contributed by atoms with E-state index in [1.165, 1.54) is 30.4 Å².